The zero-order valence-corrected chi connectivity index (χ0v) is 13.5. The average Bonchev–Trinajstić information content (AvgIpc) is 2.77. The maximum atomic E-state index is 12.4. The van der Waals surface area contributed by atoms with E-state index in [1.807, 2.05) is 9.80 Å². The molecule has 7 heteroatoms. The number of hydrogen-bond acceptors (Lipinski definition) is 4. The third kappa shape index (κ3) is 3.76. The number of rotatable bonds is 3. The van der Waals surface area contributed by atoms with Gasteiger partial charge in [-0.05, 0) is 12.8 Å². The van der Waals surface area contributed by atoms with E-state index >= 15 is 0 Å². The van der Waals surface area contributed by atoms with E-state index in [-0.39, 0.29) is 17.9 Å². The van der Waals surface area contributed by atoms with Gasteiger partial charge in [-0.15, -0.1) is 0 Å². The largest absolute Gasteiger partial charge is 0.441 e. The van der Waals surface area contributed by atoms with E-state index < -0.39 is 5.60 Å². The van der Waals surface area contributed by atoms with Gasteiger partial charge in [-0.2, -0.15) is 0 Å². The van der Waals surface area contributed by atoms with E-state index in [0.29, 0.717) is 51.9 Å². The minimum absolute atomic E-state index is 0.0918. The summed E-state index contributed by atoms with van der Waals surface area (Å²) < 4.78 is 5.36. The number of nitrogens with one attached hydrogen (secondary N) is 1. The van der Waals surface area contributed by atoms with E-state index in [0.717, 1.165) is 25.8 Å². The monoisotopic (exact) mass is 323 g/mol. The fraction of sp³-hybridized carbons (Fsp3) is 0.812. The van der Waals surface area contributed by atoms with Crippen molar-refractivity contribution in [1.82, 2.24) is 15.1 Å². The number of amides is 3. The predicted octanol–water partition coefficient (Wildman–Crippen LogP) is 0.880. The molecule has 7 nitrogen and oxygen atoms in total. The van der Waals surface area contributed by atoms with Crippen LogP contribution in [-0.2, 0) is 14.3 Å². The minimum atomic E-state index is -0.422. The molecule has 3 amide bonds. The van der Waals surface area contributed by atoms with Crippen molar-refractivity contribution in [1.29, 1.82) is 0 Å². The highest BCUT2D eigenvalue weighted by molar-refractivity contribution is 5.79. The fourth-order valence-electron chi connectivity index (χ4n) is 3.61. The van der Waals surface area contributed by atoms with Crippen molar-refractivity contribution in [3.8, 4) is 0 Å². The van der Waals surface area contributed by atoms with Crippen molar-refractivity contribution in [3.63, 3.8) is 0 Å². The molecule has 3 rings (SSSR count). The molecule has 0 radical (unpaired) electrons. The standard InChI is InChI=1S/C16H25N3O4/c20-13-4-2-1-3-8-18(13)9-5-14(21)19-10-6-16(7-11-19)12-17-15(22)23-16/h1-12H2,(H,17,22). The molecule has 0 atom stereocenters. The zero-order valence-electron chi connectivity index (χ0n) is 13.5. The van der Waals surface area contributed by atoms with Crippen LogP contribution in [0.2, 0.25) is 0 Å². The Morgan fingerprint density at radius 3 is 2.61 bits per heavy atom. The van der Waals surface area contributed by atoms with Crippen molar-refractivity contribution in [2.75, 3.05) is 32.7 Å². The molecule has 23 heavy (non-hydrogen) atoms. The van der Waals surface area contributed by atoms with E-state index in [1.54, 1.807) is 0 Å². The molecule has 3 heterocycles. The normalized spacial score (nSPS) is 24.3. The highest BCUT2D eigenvalue weighted by Gasteiger charge is 2.43. The Hall–Kier alpha value is -1.79. The van der Waals surface area contributed by atoms with Crippen molar-refractivity contribution in [2.24, 2.45) is 0 Å². The van der Waals surface area contributed by atoms with Gasteiger partial charge in [-0.1, -0.05) is 6.42 Å². The molecule has 3 aliphatic heterocycles. The van der Waals surface area contributed by atoms with Gasteiger partial charge in [-0.25, -0.2) is 4.79 Å². The maximum Gasteiger partial charge on any atom is 0.407 e. The van der Waals surface area contributed by atoms with Gasteiger partial charge in [0, 0.05) is 51.9 Å². The van der Waals surface area contributed by atoms with Gasteiger partial charge in [0.1, 0.15) is 5.60 Å². The average molecular weight is 323 g/mol. The Balaban J connectivity index is 1.44. The first-order chi connectivity index (χ1) is 11.1. The summed E-state index contributed by atoms with van der Waals surface area (Å²) in [6.45, 7) is 3.06. The second-order valence-corrected chi connectivity index (χ2v) is 6.75. The molecule has 0 unspecified atom stereocenters. The number of piperidine rings is 1. The summed E-state index contributed by atoms with van der Waals surface area (Å²) in [5.41, 5.74) is -0.422. The molecule has 128 valence electrons. The molecule has 3 fully saturated rings. The highest BCUT2D eigenvalue weighted by atomic mass is 16.6. The maximum absolute atomic E-state index is 12.4. The van der Waals surface area contributed by atoms with Crippen LogP contribution >= 0.6 is 0 Å². The van der Waals surface area contributed by atoms with Gasteiger partial charge < -0.3 is 19.9 Å². The molecular weight excluding hydrogens is 298 g/mol. The van der Waals surface area contributed by atoms with Gasteiger partial charge in [0.25, 0.3) is 0 Å². The molecule has 1 spiro atoms. The van der Waals surface area contributed by atoms with E-state index in [2.05, 4.69) is 5.32 Å². The molecule has 0 bridgehead atoms. The van der Waals surface area contributed by atoms with E-state index in [9.17, 15) is 14.4 Å². The lowest BCUT2D eigenvalue weighted by Crippen LogP contribution is -2.49. The second-order valence-electron chi connectivity index (χ2n) is 6.75. The van der Waals surface area contributed by atoms with Crippen molar-refractivity contribution < 1.29 is 19.1 Å². The molecule has 1 N–H and O–H groups in total. The Morgan fingerprint density at radius 1 is 1.13 bits per heavy atom. The number of alkyl carbamates (subject to hydrolysis) is 1. The Morgan fingerprint density at radius 2 is 1.91 bits per heavy atom. The second kappa shape index (κ2) is 6.76. The van der Waals surface area contributed by atoms with Crippen molar-refractivity contribution in [2.45, 2.75) is 50.5 Å². The van der Waals surface area contributed by atoms with Crippen LogP contribution in [0.15, 0.2) is 0 Å². The molecule has 3 aliphatic rings. The van der Waals surface area contributed by atoms with Gasteiger partial charge in [0.2, 0.25) is 11.8 Å². The summed E-state index contributed by atoms with van der Waals surface area (Å²) in [4.78, 5) is 39.2. The summed E-state index contributed by atoms with van der Waals surface area (Å²) in [6.07, 6.45) is 5.09. The summed E-state index contributed by atoms with van der Waals surface area (Å²) in [7, 11) is 0. The summed E-state index contributed by atoms with van der Waals surface area (Å²) >= 11 is 0. The van der Waals surface area contributed by atoms with Crippen LogP contribution in [0.5, 0.6) is 0 Å². The third-order valence-corrected chi connectivity index (χ3v) is 5.16. The van der Waals surface area contributed by atoms with Crippen LogP contribution in [0.25, 0.3) is 0 Å². The minimum Gasteiger partial charge on any atom is -0.441 e. The lowest BCUT2D eigenvalue weighted by Gasteiger charge is -2.37. The number of hydrogen-bond donors (Lipinski definition) is 1. The first kappa shape index (κ1) is 16.1. The molecule has 0 aliphatic carbocycles. The first-order valence-corrected chi connectivity index (χ1v) is 8.60. The number of ether oxygens (including phenoxy) is 1. The highest BCUT2D eigenvalue weighted by Crippen LogP contribution is 2.29. The summed E-state index contributed by atoms with van der Waals surface area (Å²) in [6, 6.07) is 0. The lowest BCUT2D eigenvalue weighted by molar-refractivity contribution is -0.136. The molecular formula is C16H25N3O4. The van der Waals surface area contributed by atoms with Crippen LogP contribution in [0.4, 0.5) is 4.79 Å². The van der Waals surface area contributed by atoms with Crippen molar-refractivity contribution >= 4 is 17.9 Å². The van der Waals surface area contributed by atoms with Crippen LogP contribution in [-0.4, -0.2) is 66.0 Å². The van der Waals surface area contributed by atoms with Crippen LogP contribution in [0.1, 0.15) is 44.9 Å². The molecule has 0 aromatic heterocycles. The van der Waals surface area contributed by atoms with Crippen molar-refractivity contribution in [3.05, 3.63) is 0 Å². The number of carbonyl (C=O) groups excluding carboxylic acids is 3. The molecule has 3 saturated heterocycles. The van der Waals surface area contributed by atoms with Gasteiger partial charge in [0.15, 0.2) is 0 Å². The SMILES string of the molecule is O=C1NCC2(CCN(C(=O)CCN3CCCCCC3=O)CC2)O1. The van der Waals surface area contributed by atoms with Gasteiger partial charge in [-0.3, -0.25) is 9.59 Å². The summed E-state index contributed by atoms with van der Waals surface area (Å²) in [5.74, 6) is 0.269. The first-order valence-electron chi connectivity index (χ1n) is 8.60. The summed E-state index contributed by atoms with van der Waals surface area (Å²) in [5, 5.41) is 2.69. The Bertz CT molecular complexity index is 486. The number of likely N-dealkylation sites (tertiary alicyclic amines) is 2. The smallest absolute Gasteiger partial charge is 0.407 e. The third-order valence-electron chi connectivity index (χ3n) is 5.16. The zero-order chi connectivity index (χ0) is 16.3. The quantitative estimate of drug-likeness (QED) is 0.836. The lowest BCUT2D eigenvalue weighted by atomic mass is 9.91. The van der Waals surface area contributed by atoms with E-state index in [1.165, 1.54) is 0 Å². The predicted molar refractivity (Wildman–Crippen MR) is 82.7 cm³/mol. The molecule has 0 saturated carbocycles. The topological polar surface area (TPSA) is 79.0 Å². The van der Waals surface area contributed by atoms with Crippen LogP contribution in [0.3, 0.4) is 0 Å². The van der Waals surface area contributed by atoms with Crippen LogP contribution < -0.4 is 5.32 Å². The van der Waals surface area contributed by atoms with E-state index in [4.69, 9.17) is 4.74 Å². The molecule has 0 aromatic rings. The van der Waals surface area contributed by atoms with Gasteiger partial charge >= 0.3 is 6.09 Å². The van der Waals surface area contributed by atoms with Crippen LogP contribution in [0, 0.1) is 0 Å². The Kier molecular flexibility index (Phi) is 4.73. The molecule has 0 aromatic carbocycles. The van der Waals surface area contributed by atoms with Gasteiger partial charge in [0.05, 0.1) is 6.54 Å². The Labute approximate surface area is 136 Å². The fourth-order valence-corrected chi connectivity index (χ4v) is 3.61. The number of carbonyl (C=O) groups is 3. The number of nitrogens with zero attached hydrogens (tertiary/aromatic N) is 2.